The van der Waals surface area contributed by atoms with Gasteiger partial charge in [0.05, 0.1) is 0 Å². The Morgan fingerprint density at radius 1 is 1.29 bits per heavy atom. The van der Waals surface area contributed by atoms with Crippen LogP contribution in [0.25, 0.3) is 0 Å². The molecule has 1 unspecified atom stereocenters. The molecule has 0 aliphatic carbocycles. The van der Waals surface area contributed by atoms with E-state index in [-0.39, 0.29) is 0 Å². The van der Waals surface area contributed by atoms with Crippen molar-refractivity contribution in [3.8, 4) is 0 Å². The normalized spacial score (nSPS) is 13.2. The summed E-state index contributed by atoms with van der Waals surface area (Å²) >= 11 is 0. The Morgan fingerprint density at radius 2 is 1.86 bits per heavy atom. The summed E-state index contributed by atoms with van der Waals surface area (Å²) in [6, 6.07) is 0.487. The van der Waals surface area contributed by atoms with E-state index in [0.717, 1.165) is 26.2 Å². The molecule has 0 heterocycles. The molecule has 0 fully saturated rings. The molecule has 2 nitrogen and oxygen atoms in total. The fourth-order valence-corrected chi connectivity index (χ4v) is 1.62. The van der Waals surface area contributed by atoms with Crippen molar-refractivity contribution < 1.29 is 0 Å². The standard InChI is InChI=1S/C12H26N2/c1-6-13-12(11(4)5)9-10-14(7-2)8-3/h12-13H,4,6-10H2,1-3,5H3. The fraction of sp³-hybridized carbons (Fsp3) is 0.833. The van der Waals surface area contributed by atoms with Gasteiger partial charge in [0.1, 0.15) is 0 Å². The zero-order valence-electron chi connectivity index (χ0n) is 10.3. The Labute approximate surface area is 89.4 Å². The summed E-state index contributed by atoms with van der Waals surface area (Å²) in [5.74, 6) is 0. The van der Waals surface area contributed by atoms with Crippen LogP contribution < -0.4 is 5.32 Å². The van der Waals surface area contributed by atoms with Gasteiger partial charge in [0, 0.05) is 6.04 Å². The molecule has 0 radical (unpaired) electrons. The predicted octanol–water partition coefficient (Wildman–Crippen LogP) is 2.27. The van der Waals surface area contributed by atoms with E-state index in [1.807, 2.05) is 0 Å². The quantitative estimate of drug-likeness (QED) is 0.602. The third-order valence-electron chi connectivity index (χ3n) is 2.67. The van der Waals surface area contributed by atoms with Crippen molar-refractivity contribution in [2.75, 3.05) is 26.2 Å². The van der Waals surface area contributed by atoms with Gasteiger partial charge in [0.2, 0.25) is 0 Å². The fourth-order valence-electron chi connectivity index (χ4n) is 1.62. The molecule has 0 amide bonds. The number of likely N-dealkylation sites (N-methyl/N-ethyl adjacent to an activating group) is 1. The predicted molar refractivity (Wildman–Crippen MR) is 64.7 cm³/mol. The Kier molecular flexibility index (Phi) is 7.81. The maximum Gasteiger partial charge on any atom is 0.0286 e. The summed E-state index contributed by atoms with van der Waals surface area (Å²) in [5.41, 5.74) is 1.25. The van der Waals surface area contributed by atoms with Crippen LogP contribution in [0.15, 0.2) is 12.2 Å². The average molecular weight is 198 g/mol. The van der Waals surface area contributed by atoms with Crippen LogP contribution in [0.1, 0.15) is 34.1 Å². The van der Waals surface area contributed by atoms with Crippen molar-refractivity contribution in [2.45, 2.75) is 40.2 Å². The van der Waals surface area contributed by atoms with Crippen LogP contribution >= 0.6 is 0 Å². The molecule has 0 aromatic carbocycles. The van der Waals surface area contributed by atoms with E-state index in [9.17, 15) is 0 Å². The van der Waals surface area contributed by atoms with E-state index in [2.05, 4.69) is 44.5 Å². The Bertz CT molecular complexity index is 150. The van der Waals surface area contributed by atoms with Gasteiger partial charge in [-0.15, -0.1) is 0 Å². The largest absolute Gasteiger partial charge is 0.310 e. The summed E-state index contributed by atoms with van der Waals surface area (Å²) in [6.45, 7) is 17.2. The van der Waals surface area contributed by atoms with Crippen LogP contribution in [0.4, 0.5) is 0 Å². The molecule has 0 aliphatic heterocycles. The van der Waals surface area contributed by atoms with Gasteiger partial charge in [-0.1, -0.05) is 32.9 Å². The zero-order valence-corrected chi connectivity index (χ0v) is 10.3. The summed E-state index contributed by atoms with van der Waals surface area (Å²) in [5, 5.41) is 3.46. The van der Waals surface area contributed by atoms with Crippen molar-refractivity contribution in [1.82, 2.24) is 10.2 Å². The molecule has 0 bridgehead atoms. The number of rotatable bonds is 8. The second-order valence-corrected chi connectivity index (χ2v) is 3.77. The first-order valence-electron chi connectivity index (χ1n) is 5.76. The lowest BCUT2D eigenvalue weighted by molar-refractivity contribution is 0.288. The van der Waals surface area contributed by atoms with Gasteiger partial charge in [0.25, 0.3) is 0 Å². The Hall–Kier alpha value is -0.340. The van der Waals surface area contributed by atoms with Gasteiger partial charge in [-0.05, 0) is 39.5 Å². The topological polar surface area (TPSA) is 15.3 Å². The van der Waals surface area contributed by atoms with Crippen molar-refractivity contribution in [3.63, 3.8) is 0 Å². The van der Waals surface area contributed by atoms with Gasteiger partial charge in [-0.25, -0.2) is 0 Å². The van der Waals surface area contributed by atoms with Gasteiger partial charge in [0.15, 0.2) is 0 Å². The molecule has 1 N–H and O–H groups in total. The van der Waals surface area contributed by atoms with E-state index in [1.54, 1.807) is 0 Å². The minimum absolute atomic E-state index is 0.487. The first-order valence-corrected chi connectivity index (χ1v) is 5.76. The molecular formula is C12H26N2. The molecule has 0 aromatic rings. The number of hydrogen-bond donors (Lipinski definition) is 1. The van der Waals surface area contributed by atoms with Crippen molar-refractivity contribution >= 4 is 0 Å². The first-order chi connectivity index (χ1) is 6.65. The minimum Gasteiger partial charge on any atom is -0.310 e. The van der Waals surface area contributed by atoms with E-state index >= 15 is 0 Å². The van der Waals surface area contributed by atoms with Crippen LogP contribution in [-0.4, -0.2) is 37.1 Å². The van der Waals surface area contributed by atoms with Crippen molar-refractivity contribution in [2.24, 2.45) is 0 Å². The van der Waals surface area contributed by atoms with Crippen molar-refractivity contribution in [3.05, 3.63) is 12.2 Å². The molecule has 0 spiro atoms. The lowest BCUT2D eigenvalue weighted by Crippen LogP contribution is -2.34. The lowest BCUT2D eigenvalue weighted by atomic mass is 10.1. The molecule has 14 heavy (non-hydrogen) atoms. The van der Waals surface area contributed by atoms with E-state index in [1.165, 1.54) is 12.0 Å². The number of nitrogens with zero attached hydrogens (tertiary/aromatic N) is 1. The highest BCUT2D eigenvalue weighted by molar-refractivity contribution is 5.01. The third kappa shape index (κ3) is 5.40. The van der Waals surface area contributed by atoms with Crippen molar-refractivity contribution in [1.29, 1.82) is 0 Å². The van der Waals surface area contributed by atoms with Gasteiger partial charge in [-0.2, -0.15) is 0 Å². The maximum atomic E-state index is 4.02. The lowest BCUT2D eigenvalue weighted by Gasteiger charge is -2.23. The zero-order chi connectivity index (χ0) is 11.0. The van der Waals surface area contributed by atoms with Gasteiger partial charge < -0.3 is 10.2 Å². The summed E-state index contributed by atoms with van der Waals surface area (Å²) in [6.07, 6.45) is 1.17. The maximum absolute atomic E-state index is 4.02. The smallest absolute Gasteiger partial charge is 0.0286 e. The number of hydrogen-bond acceptors (Lipinski definition) is 2. The molecule has 0 rings (SSSR count). The Morgan fingerprint density at radius 3 is 2.21 bits per heavy atom. The number of nitrogens with one attached hydrogen (secondary N) is 1. The van der Waals surface area contributed by atoms with Gasteiger partial charge in [-0.3, -0.25) is 0 Å². The highest BCUT2D eigenvalue weighted by atomic mass is 15.1. The molecule has 0 aromatic heterocycles. The summed E-state index contributed by atoms with van der Waals surface area (Å²) in [7, 11) is 0. The van der Waals surface area contributed by atoms with E-state index in [4.69, 9.17) is 0 Å². The first kappa shape index (κ1) is 13.7. The molecular weight excluding hydrogens is 172 g/mol. The van der Waals surface area contributed by atoms with Crippen LogP contribution in [0.2, 0.25) is 0 Å². The van der Waals surface area contributed by atoms with Crippen LogP contribution in [-0.2, 0) is 0 Å². The Balaban J connectivity index is 3.85. The molecule has 0 saturated heterocycles. The van der Waals surface area contributed by atoms with Gasteiger partial charge >= 0.3 is 0 Å². The van der Waals surface area contributed by atoms with Crippen LogP contribution in [0.3, 0.4) is 0 Å². The SMILES string of the molecule is C=C(C)C(CCN(CC)CC)NCC. The molecule has 1 atom stereocenters. The second kappa shape index (κ2) is 8.01. The average Bonchev–Trinajstić information content (AvgIpc) is 2.17. The molecule has 0 aliphatic rings. The molecule has 2 heteroatoms. The van der Waals surface area contributed by atoms with Crippen LogP contribution in [0.5, 0.6) is 0 Å². The molecule has 0 saturated carbocycles. The summed E-state index contributed by atoms with van der Waals surface area (Å²) < 4.78 is 0. The monoisotopic (exact) mass is 198 g/mol. The van der Waals surface area contributed by atoms with Crippen LogP contribution in [0, 0.1) is 0 Å². The highest BCUT2D eigenvalue weighted by Crippen LogP contribution is 2.04. The summed E-state index contributed by atoms with van der Waals surface area (Å²) in [4.78, 5) is 2.45. The van der Waals surface area contributed by atoms with E-state index in [0.29, 0.717) is 6.04 Å². The third-order valence-corrected chi connectivity index (χ3v) is 2.67. The second-order valence-electron chi connectivity index (χ2n) is 3.77. The molecule has 84 valence electrons. The minimum atomic E-state index is 0.487. The van der Waals surface area contributed by atoms with E-state index < -0.39 is 0 Å². The highest BCUT2D eigenvalue weighted by Gasteiger charge is 2.09.